The molecule has 2 aliphatic rings. The summed E-state index contributed by atoms with van der Waals surface area (Å²) in [5.74, 6) is -4.25. The predicted molar refractivity (Wildman–Crippen MR) is 177 cm³/mol. The van der Waals surface area contributed by atoms with Crippen molar-refractivity contribution in [2.24, 2.45) is 0 Å². The summed E-state index contributed by atoms with van der Waals surface area (Å²) >= 11 is 8.26. The highest BCUT2D eigenvalue weighted by Gasteiger charge is 2.20. The van der Waals surface area contributed by atoms with Gasteiger partial charge >= 0.3 is 29.8 Å². The molecule has 4 N–H and O–H groups in total. The summed E-state index contributed by atoms with van der Waals surface area (Å²) in [6.07, 6.45) is 5.63. The van der Waals surface area contributed by atoms with Crippen molar-refractivity contribution in [1.29, 1.82) is 0 Å². The number of nitrogens with zero attached hydrogens (tertiary/aromatic N) is 2. The van der Waals surface area contributed by atoms with E-state index in [1.54, 1.807) is 0 Å². The Bertz CT molecular complexity index is 1430. The van der Waals surface area contributed by atoms with Crippen LogP contribution in [0.2, 0.25) is 5.02 Å². The first-order valence-corrected chi connectivity index (χ1v) is 15.8. The Labute approximate surface area is 281 Å². The molecule has 1 fully saturated rings. The summed E-state index contributed by atoms with van der Waals surface area (Å²) in [6, 6.07) is 15.0. The van der Waals surface area contributed by atoms with E-state index in [4.69, 9.17) is 36.8 Å². The molecule has 0 radical (unpaired) electrons. The van der Waals surface area contributed by atoms with Crippen LogP contribution in [-0.4, -0.2) is 106 Å². The summed E-state index contributed by atoms with van der Waals surface area (Å²) in [5, 5.41) is 32.0. The minimum absolute atomic E-state index is 0.201. The number of esters is 1. The van der Waals surface area contributed by atoms with Crippen LogP contribution < -0.4 is 0 Å². The average molecular weight is 689 g/mol. The van der Waals surface area contributed by atoms with Gasteiger partial charge in [0.15, 0.2) is 0 Å². The Balaban J connectivity index is 0.000000397. The monoisotopic (exact) mass is 688 g/mol. The topological polar surface area (TPSA) is 182 Å². The van der Waals surface area contributed by atoms with Gasteiger partial charge < -0.3 is 30.1 Å². The van der Waals surface area contributed by atoms with Gasteiger partial charge in [-0.1, -0.05) is 41.9 Å². The summed E-state index contributed by atoms with van der Waals surface area (Å²) < 4.78 is 5.07. The van der Waals surface area contributed by atoms with Crippen LogP contribution in [0.1, 0.15) is 30.0 Å². The zero-order chi connectivity index (χ0) is 34.8. The number of fused-ring (bicyclic) bond motifs is 2. The van der Waals surface area contributed by atoms with Crippen molar-refractivity contribution in [3.8, 4) is 0 Å². The first-order valence-electron chi connectivity index (χ1n) is 14.4. The fraction of sp³-hybridized carbons (Fsp3) is 0.303. The van der Waals surface area contributed by atoms with Gasteiger partial charge in [0.1, 0.15) is 6.61 Å². The highest BCUT2D eigenvalue weighted by Crippen LogP contribution is 2.41. The van der Waals surface area contributed by atoms with E-state index in [9.17, 15) is 24.0 Å². The van der Waals surface area contributed by atoms with Gasteiger partial charge in [0.05, 0.1) is 0 Å². The summed E-state index contributed by atoms with van der Waals surface area (Å²) in [5.41, 5.74) is 5.26. The maximum absolute atomic E-state index is 10.9. The Hall–Kier alpha value is -4.43. The molecule has 0 amide bonds. The number of carboxylic acid groups (broad SMARTS) is 4. The number of carbonyl (C=O) groups is 5. The van der Waals surface area contributed by atoms with Crippen molar-refractivity contribution < 1.29 is 49.1 Å². The second-order valence-electron chi connectivity index (χ2n) is 10.0. The molecule has 2 aliphatic heterocycles. The van der Waals surface area contributed by atoms with Gasteiger partial charge in [-0.25, -0.2) is 19.2 Å². The molecule has 252 valence electrons. The lowest BCUT2D eigenvalue weighted by atomic mass is 9.93. The minimum Gasteiger partial charge on any atom is -0.478 e. The largest absolute Gasteiger partial charge is 0.478 e. The van der Waals surface area contributed by atoms with Gasteiger partial charge in [-0.15, -0.1) is 11.8 Å². The number of rotatable bonds is 10. The summed E-state index contributed by atoms with van der Waals surface area (Å²) in [7, 11) is 0. The molecule has 2 aromatic rings. The zero-order valence-electron chi connectivity index (χ0n) is 25.7. The number of hydrogen-bond acceptors (Lipinski definition) is 9. The van der Waals surface area contributed by atoms with Crippen LogP contribution in [0, 0.1) is 0 Å². The number of piperazine rings is 1. The molecule has 12 nitrogen and oxygen atoms in total. The molecule has 0 spiro atoms. The Morgan fingerprint density at radius 2 is 1.32 bits per heavy atom. The summed E-state index contributed by atoms with van der Waals surface area (Å²) in [6.45, 7) is 7.97. The van der Waals surface area contributed by atoms with E-state index < -0.39 is 23.9 Å². The third-order valence-corrected chi connectivity index (χ3v) is 7.99. The fourth-order valence-electron chi connectivity index (χ4n) is 4.50. The third kappa shape index (κ3) is 15.6. The van der Waals surface area contributed by atoms with E-state index in [2.05, 4.69) is 52.3 Å². The maximum atomic E-state index is 10.9. The molecule has 2 aromatic carbocycles. The van der Waals surface area contributed by atoms with Crippen LogP contribution in [0.3, 0.4) is 0 Å². The fourth-order valence-corrected chi connectivity index (χ4v) is 5.72. The van der Waals surface area contributed by atoms with Crippen molar-refractivity contribution in [1.82, 2.24) is 9.80 Å². The van der Waals surface area contributed by atoms with Crippen molar-refractivity contribution in [2.75, 3.05) is 45.9 Å². The van der Waals surface area contributed by atoms with Gasteiger partial charge in [0.25, 0.3) is 0 Å². The minimum atomic E-state index is -1.26. The second kappa shape index (κ2) is 20.6. The average Bonchev–Trinajstić information content (AvgIpc) is 3.17. The van der Waals surface area contributed by atoms with Crippen LogP contribution in [0.15, 0.2) is 77.7 Å². The van der Waals surface area contributed by atoms with E-state index >= 15 is 0 Å². The van der Waals surface area contributed by atoms with E-state index in [-0.39, 0.29) is 5.97 Å². The van der Waals surface area contributed by atoms with Crippen molar-refractivity contribution in [3.05, 3.63) is 94.6 Å². The maximum Gasteiger partial charge on any atom is 0.328 e. The van der Waals surface area contributed by atoms with Gasteiger partial charge in [0.2, 0.25) is 0 Å². The smallest absolute Gasteiger partial charge is 0.328 e. The molecule has 1 saturated heterocycles. The van der Waals surface area contributed by atoms with Crippen molar-refractivity contribution >= 4 is 58.8 Å². The lowest BCUT2D eigenvalue weighted by Crippen LogP contribution is -2.47. The van der Waals surface area contributed by atoms with Crippen LogP contribution in [-0.2, 0) is 34.5 Å². The molecule has 47 heavy (non-hydrogen) atoms. The Morgan fingerprint density at radius 1 is 0.787 bits per heavy atom. The molecule has 0 aromatic heterocycles. The number of hydrogen-bond donors (Lipinski definition) is 4. The van der Waals surface area contributed by atoms with E-state index in [1.807, 2.05) is 17.8 Å². The second-order valence-corrected chi connectivity index (χ2v) is 11.5. The van der Waals surface area contributed by atoms with Crippen LogP contribution in [0.5, 0.6) is 0 Å². The van der Waals surface area contributed by atoms with Crippen LogP contribution in [0.25, 0.3) is 5.57 Å². The molecule has 14 heteroatoms. The first-order chi connectivity index (χ1) is 22.3. The molecule has 0 aliphatic carbocycles. The quantitative estimate of drug-likeness (QED) is 0.204. The molecule has 0 atom stereocenters. The van der Waals surface area contributed by atoms with Crippen molar-refractivity contribution in [3.63, 3.8) is 0 Å². The number of carbonyl (C=O) groups excluding carboxylic acids is 1. The van der Waals surface area contributed by atoms with Crippen molar-refractivity contribution in [2.45, 2.75) is 24.0 Å². The molecular formula is C33H37ClN2O10S. The SMILES string of the molecule is CC(=O)OCCN1CCN(CC/C=C2/c3ccccc3CSc3ccc(Cl)cc32)CC1.O=C(O)/C=C\C(=O)O.O=C(O)/C=C\C(=O)O. The Kier molecular flexibility index (Phi) is 17.0. The van der Waals surface area contributed by atoms with E-state index in [1.165, 1.54) is 34.1 Å². The van der Waals surface area contributed by atoms with Gasteiger partial charge in [0, 0.05) is 86.2 Å². The molecule has 0 bridgehead atoms. The highest BCUT2D eigenvalue weighted by molar-refractivity contribution is 7.98. The Morgan fingerprint density at radius 3 is 1.85 bits per heavy atom. The number of ether oxygens (including phenoxy) is 1. The first kappa shape index (κ1) is 38.8. The van der Waals surface area contributed by atoms with Gasteiger partial charge in [-0.2, -0.15) is 0 Å². The van der Waals surface area contributed by atoms with Crippen LogP contribution >= 0.6 is 23.4 Å². The number of aliphatic carboxylic acids is 4. The zero-order valence-corrected chi connectivity index (χ0v) is 27.3. The summed E-state index contributed by atoms with van der Waals surface area (Å²) in [4.78, 5) is 55.3. The number of thioether (sulfide) groups is 1. The molecular weight excluding hydrogens is 652 g/mol. The lowest BCUT2D eigenvalue weighted by molar-refractivity contribution is -0.141. The third-order valence-electron chi connectivity index (χ3n) is 6.63. The normalized spacial score (nSPS) is 15.3. The number of halogens is 1. The molecule has 0 unspecified atom stereocenters. The van der Waals surface area contributed by atoms with E-state index in [0.717, 1.165) is 56.5 Å². The highest BCUT2D eigenvalue weighted by atomic mass is 35.5. The lowest BCUT2D eigenvalue weighted by Gasteiger charge is -2.34. The molecule has 2 heterocycles. The number of benzene rings is 2. The standard InChI is InChI=1S/C25H29ClN2O2S.2C4H4O4/c1-19(29)30-16-15-28-13-11-27(12-14-28)10-4-7-23-22-6-3-2-5-20(22)18-31-25-9-8-21(26)17-24(23)25;2*5-3(6)1-2-4(7)8/h2-3,5-9,17H,4,10-16,18H2,1H3;2*1-2H,(H,5,6)(H,7,8)/b23-7-;2*2-1-. The van der Waals surface area contributed by atoms with Gasteiger partial charge in [-0.05, 0) is 46.9 Å². The number of carboxylic acids is 4. The molecule has 0 saturated carbocycles. The predicted octanol–water partition coefficient (Wildman–Crippen LogP) is 4.37. The van der Waals surface area contributed by atoms with E-state index in [0.29, 0.717) is 30.9 Å². The van der Waals surface area contributed by atoms with Crippen LogP contribution in [0.4, 0.5) is 0 Å². The molecule has 4 rings (SSSR count). The van der Waals surface area contributed by atoms with Gasteiger partial charge in [-0.3, -0.25) is 9.69 Å².